The van der Waals surface area contributed by atoms with Crippen molar-refractivity contribution in [2.45, 2.75) is 19.9 Å². The van der Waals surface area contributed by atoms with Crippen LogP contribution in [0.15, 0.2) is 30.5 Å². The van der Waals surface area contributed by atoms with Gasteiger partial charge in [-0.1, -0.05) is 12.1 Å². The largest absolute Gasteiger partial charge is 0.481 e. The number of halogens is 1. The molecule has 0 aliphatic carbocycles. The van der Waals surface area contributed by atoms with Gasteiger partial charge in [-0.15, -0.1) is 0 Å². The van der Waals surface area contributed by atoms with Gasteiger partial charge in [0.1, 0.15) is 5.82 Å². The zero-order valence-corrected chi connectivity index (χ0v) is 9.93. The van der Waals surface area contributed by atoms with E-state index in [2.05, 4.69) is 5.10 Å². The van der Waals surface area contributed by atoms with Crippen LogP contribution in [0, 0.1) is 12.7 Å². The summed E-state index contributed by atoms with van der Waals surface area (Å²) in [5.41, 5.74) is 2.64. The highest BCUT2D eigenvalue weighted by Crippen LogP contribution is 2.23. The molecule has 0 saturated carbocycles. The minimum absolute atomic E-state index is 0.0331. The number of carboxylic acid groups (broad SMARTS) is 1. The number of aryl methyl sites for hydroxylation is 1. The highest BCUT2D eigenvalue weighted by atomic mass is 19.1. The maximum Gasteiger partial charge on any atom is 0.305 e. The number of hydrogen-bond donors (Lipinski definition) is 1. The predicted molar refractivity (Wildman–Crippen MR) is 64.6 cm³/mol. The number of carbonyl (C=O) groups is 1. The van der Waals surface area contributed by atoms with Crippen molar-refractivity contribution in [1.82, 2.24) is 9.78 Å². The van der Waals surface area contributed by atoms with E-state index in [9.17, 15) is 9.18 Å². The van der Waals surface area contributed by atoms with E-state index >= 15 is 0 Å². The summed E-state index contributed by atoms with van der Waals surface area (Å²) in [6.45, 7) is 2.20. The van der Waals surface area contributed by atoms with E-state index < -0.39 is 5.97 Å². The molecule has 0 aliphatic rings. The van der Waals surface area contributed by atoms with Gasteiger partial charge in [0.25, 0.3) is 0 Å². The Labute approximate surface area is 104 Å². The second-order valence-electron chi connectivity index (χ2n) is 4.02. The summed E-state index contributed by atoms with van der Waals surface area (Å²) in [5, 5.41) is 12.8. The number of hydrogen-bond acceptors (Lipinski definition) is 2. The minimum atomic E-state index is -0.853. The Morgan fingerprint density at radius 3 is 2.67 bits per heavy atom. The van der Waals surface area contributed by atoms with Crippen LogP contribution in [-0.2, 0) is 11.3 Å². The number of aliphatic carboxylic acids is 1. The van der Waals surface area contributed by atoms with Gasteiger partial charge in [-0.05, 0) is 24.6 Å². The van der Waals surface area contributed by atoms with Crippen molar-refractivity contribution in [3.05, 3.63) is 42.0 Å². The van der Waals surface area contributed by atoms with E-state index in [0.717, 1.165) is 16.8 Å². The third-order valence-corrected chi connectivity index (χ3v) is 2.80. The average Bonchev–Trinajstić information content (AvgIpc) is 2.69. The quantitative estimate of drug-likeness (QED) is 0.904. The normalized spacial score (nSPS) is 10.6. The van der Waals surface area contributed by atoms with Crippen LogP contribution in [0.25, 0.3) is 11.1 Å². The van der Waals surface area contributed by atoms with Crippen LogP contribution in [0.2, 0.25) is 0 Å². The van der Waals surface area contributed by atoms with Crippen molar-refractivity contribution in [2.75, 3.05) is 0 Å². The van der Waals surface area contributed by atoms with Crippen LogP contribution in [0.4, 0.5) is 4.39 Å². The van der Waals surface area contributed by atoms with Crippen molar-refractivity contribution < 1.29 is 14.3 Å². The van der Waals surface area contributed by atoms with Gasteiger partial charge in [0, 0.05) is 11.3 Å². The molecule has 0 aliphatic heterocycles. The summed E-state index contributed by atoms with van der Waals surface area (Å²) in [4.78, 5) is 10.5. The van der Waals surface area contributed by atoms with E-state index in [4.69, 9.17) is 5.11 Å². The van der Waals surface area contributed by atoms with Gasteiger partial charge in [0.2, 0.25) is 0 Å². The van der Waals surface area contributed by atoms with Gasteiger partial charge >= 0.3 is 5.97 Å². The topological polar surface area (TPSA) is 55.1 Å². The van der Waals surface area contributed by atoms with E-state index in [1.54, 1.807) is 23.0 Å². The third-order valence-electron chi connectivity index (χ3n) is 2.80. The highest BCUT2D eigenvalue weighted by molar-refractivity contribution is 5.67. The summed E-state index contributed by atoms with van der Waals surface area (Å²) in [5.74, 6) is -1.14. The Morgan fingerprint density at radius 1 is 1.39 bits per heavy atom. The van der Waals surface area contributed by atoms with Gasteiger partial charge in [0.05, 0.1) is 19.2 Å². The van der Waals surface area contributed by atoms with Crippen molar-refractivity contribution in [1.29, 1.82) is 0 Å². The molecule has 2 rings (SSSR count). The molecule has 94 valence electrons. The molecule has 0 bridgehead atoms. The molecule has 18 heavy (non-hydrogen) atoms. The lowest BCUT2D eigenvalue weighted by atomic mass is 10.1. The number of benzene rings is 1. The lowest BCUT2D eigenvalue weighted by molar-refractivity contribution is -0.137. The second kappa shape index (κ2) is 5.00. The van der Waals surface area contributed by atoms with Crippen LogP contribution in [0.3, 0.4) is 0 Å². The predicted octanol–water partition coefficient (Wildman–Crippen LogP) is 2.47. The van der Waals surface area contributed by atoms with Crippen LogP contribution >= 0.6 is 0 Å². The van der Waals surface area contributed by atoms with Gasteiger partial charge in [-0.25, -0.2) is 4.39 Å². The molecule has 0 atom stereocenters. The fraction of sp³-hybridized carbons (Fsp3) is 0.231. The Kier molecular flexibility index (Phi) is 3.41. The van der Waals surface area contributed by atoms with Gasteiger partial charge < -0.3 is 5.11 Å². The molecule has 1 aromatic heterocycles. The molecular formula is C13H13FN2O2. The molecule has 0 saturated heterocycles. The molecule has 4 nitrogen and oxygen atoms in total. The van der Waals surface area contributed by atoms with Gasteiger partial charge in [0.15, 0.2) is 0 Å². The first-order valence-electron chi connectivity index (χ1n) is 5.58. The first-order valence-corrected chi connectivity index (χ1v) is 5.58. The van der Waals surface area contributed by atoms with Crippen molar-refractivity contribution in [3.63, 3.8) is 0 Å². The third kappa shape index (κ3) is 2.56. The summed E-state index contributed by atoms with van der Waals surface area (Å²) in [7, 11) is 0. The van der Waals surface area contributed by atoms with E-state index in [0.29, 0.717) is 6.54 Å². The van der Waals surface area contributed by atoms with Crippen molar-refractivity contribution in [3.8, 4) is 11.1 Å². The molecule has 5 heteroatoms. The zero-order chi connectivity index (χ0) is 13.1. The van der Waals surface area contributed by atoms with Crippen molar-refractivity contribution in [2.24, 2.45) is 0 Å². The number of carboxylic acids is 1. The molecule has 0 amide bonds. The SMILES string of the molecule is Cc1c(-c2ccc(F)cc2)cnn1CCC(=O)O. The fourth-order valence-electron chi connectivity index (χ4n) is 1.79. The molecule has 1 N–H and O–H groups in total. The zero-order valence-electron chi connectivity index (χ0n) is 9.93. The molecule has 2 aromatic rings. The van der Waals surface area contributed by atoms with Gasteiger partial charge in [-0.2, -0.15) is 5.10 Å². The molecule has 0 unspecified atom stereocenters. The molecule has 0 radical (unpaired) electrons. The summed E-state index contributed by atoms with van der Waals surface area (Å²) >= 11 is 0. The number of aromatic nitrogens is 2. The maximum atomic E-state index is 12.8. The van der Waals surface area contributed by atoms with E-state index in [1.165, 1.54) is 12.1 Å². The summed E-state index contributed by atoms with van der Waals surface area (Å²) in [6, 6.07) is 6.15. The molecular weight excluding hydrogens is 235 g/mol. The smallest absolute Gasteiger partial charge is 0.305 e. The Hall–Kier alpha value is -2.17. The Bertz CT molecular complexity index is 561. The Morgan fingerprint density at radius 2 is 2.06 bits per heavy atom. The van der Waals surface area contributed by atoms with Crippen LogP contribution in [0.1, 0.15) is 12.1 Å². The lowest BCUT2D eigenvalue weighted by Gasteiger charge is -2.04. The van der Waals surface area contributed by atoms with Gasteiger partial charge in [-0.3, -0.25) is 9.48 Å². The Balaban J connectivity index is 2.25. The monoisotopic (exact) mass is 248 g/mol. The second-order valence-corrected chi connectivity index (χ2v) is 4.02. The van der Waals surface area contributed by atoms with Crippen LogP contribution in [0.5, 0.6) is 0 Å². The van der Waals surface area contributed by atoms with E-state index in [1.807, 2.05) is 6.92 Å². The van der Waals surface area contributed by atoms with Crippen LogP contribution < -0.4 is 0 Å². The van der Waals surface area contributed by atoms with Crippen LogP contribution in [-0.4, -0.2) is 20.9 Å². The highest BCUT2D eigenvalue weighted by Gasteiger charge is 2.09. The maximum absolute atomic E-state index is 12.8. The first kappa shape index (κ1) is 12.3. The molecule has 0 fully saturated rings. The number of rotatable bonds is 4. The average molecular weight is 248 g/mol. The van der Waals surface area contributed by atoms with Crippen molar-refractivity contribution >= 4 is 5.97 Å². The minimum Gasteiger partial charge on any atom is -0.481 e. The fourth-order valence-corrected chi connectivity index (χ4v) is 1.79. The molecule has 1 heterocycles. The lowest BCUT2D eigenvalue weighted by Crippen LogP contribution is -2.07. The molecule has 0 spiro atoms. The molecule has 1 aromatic carbocycles. The van der Waals surface area contributed by atoms with E-state index in [-0.39, 0.29) is 12.2 Å². The first-order chi connectivity index (χ1) is 8.58. The standard InChI is InChI=1S/C13H13FN2O2/c1-9-12(10-2-4-11(14)5-3-10)8-15-16(9)7-6-13(17)18/h2-5,8H,6-7H2,1H3,(H,17,18). The summed E-state index contributed by atoms with van der Waals surface area (Å²) < 4.78 is 14.5. The summed E-state index contributed by atoms with van der Waals surface area (Å²) in [6.07, 6.45) is 1.70. The number of nitrogens with zero attached hydrogens (tertiary/aromatic N) is 2.